The maximum absolute atomic E-state index is 11.4. The number of ether oxygens (including phenoxy) is 2. The Morgan fingerprint density at radius 2 is 1.80 bits per heavy atom. The van der Waals surface area contributed by atoms with Crippen LogP contribution in [0.1, 0.15) is 53.9 Å². The Hall–Kier alpha value is -0.810. The molecule has 5 nitrogen and oxygen atoms in total. The van der Waals surface area contributed by atoms with Crippen molar-refractivity contribution >= 4 is 6.09 Å². The van der Waals surface area contributed by atoms with Crippen LogP contribution in [0.25, 0.3) is 0 Å². The molecule has 0 saturated carbocycles. The van der Waals surface area contributed by atoms with Gasteiger partial charge in [0.2, 0.25) is 0 Å². The highest BCUT2D eigenvalue weighted by Gasteiger charge is 2.23. The van der Waals surface area contributed by atoms with Crippen LogP contribution in [0.2, 0.25) is 0 Å². The van der Waals surface area contributed by atoms with Crippen LogP contribution < -0.4 is 10.6 Å². The van der Waals surface area contributed by atoms with Crippen molar-refractivity contribution in [3.8, 4) is 0 Å². The topological polar surface area (TPSA) is 59.6 Å². The third kappa shape index (κ3) is 7.70. The summed E-state index contributed by atoms with van der Waals surface area (Å²) in [5, 5.41) is 6.30. The van der Waals surface area contributed by atoms with Crippen molar-refractivity contribution in [2.24, 2.45) is 0 Å². The molecule has 1 amide bonds. The van der Waals surface area contributed by atoms with E-state index < -0.39 is 5.60 Å². The van der Waals surface area contributed by atoms with E-state index in [4.69, 9.17) is 9.47 Å². The van der Waals surface area contributed by atoms with Gasteiger partial charge in [0.05, 0.1) is 12.2 Å². The maximum atomic E-state index is 11.4. The van der Waals surface area contributed by atoms with Crippen molar-refractivity contribution in [1.82, 2.24) is 10.6 Å². The lowest BCUT2D eigenvalue weighted by molar-refractivity contribution is -0.0419. The monoisotopic (exact) mass is 286 g/mol. The number of amides is 1. The maximum Gasteiger partial charge on any atom is 0.407 e. The summed E-state index contributed by atoms with van der Waals surface area (Å²) in [4.78, 5) is 11.4. The van der Waals surface area contributed by atoms with Gasteiger partial charge in [0.25, 0.3) is 0 Å². The Morgan fingerprint density at radius 1 is 1.20 bits per heavy atom. The fourth-order valence-corrected chi connectivity index (χ4v) is 2.47. The lowest BCUT2D eigenvalue weighted by Gasteiger charge is -2.32. The summed E-state index contributed by atoms with van der Waals surface area (Å²) in [5.74, 6) is 0. The van der Waals surface area contributed by atoms with Crippen LogP contribution in [0.3, 0.4) is 0 Å². The summed E-state index contributed by atoms with van der Waals surface area (Å²) in [7, 11) is 0. The molecule has 0 aliphatic carbocycles. The minimum Gasteiger partial charge on any atom is -0.444 e. The summed E-state index contributed by atoms with van der Waals surface area (Å²) >= 11 is 0. The van der Waals surface area contributed by atoms with Gasteiger partial charge in [-0.1, -0.05) is 0 Å². The molecular weight excluding hydrogens is 256 g/mol. The van der Waals surface area contributed by atoms with Gasteiger partial charge < -0.3 is 20.1 Å². The molecule has 118 valence electrons. The molecule has 1 fully saturated rings. The van der Waals surface area contributed by atoms with Crippen molar-refractivity contribution in [3.05, 3.63) is 0 Å². The van der Waals surface area contributed by atoms with Crippen molar-refractivity contribution in [2.45, 2.75) is 77.7 Å². The minimum atomic E-state index is -0.434. The van der Waals surface area contributed by atoms with E-state index in [0.29, 0.717) is 24.8 Å². The summed E-state index contributed by atoms with van der Waals surface area (Å²) in [6.07, 6.45) is 3.34. The van der Waals surface area contributed by atoms with Crippen molar-refractivity contribution in [3.63, 3.8) is 0 Å². The minimum absolute atomic E-state index is 0.330. The van der Waals surface area contributed by atoms with Crippen LogP contribution >= 0.6 is 0 Å². The standard InChI is InChI=1S/C15H30N2O3/c1-11-9-13(10-12(2)19-11)16-7-6-8-17-14(18)20-15(3,4)5/h11-13,16H,6-10H2,1-5H3,(H,17,18). The molecular formula is C15H30N2O3. The highest BCUT2D eigenvalue weighted by molar-refractivity contribution is 5.67. The Morgan fingerprint density at radius 3 is 2.35 bits per heavy atom. The van der Waals surface area contributed by atoms with Crippen molar-refractivity contribution in [2.75, 3.05) is 13.1 Å². The summed E-state index contributed by atoms with van der Waals surface area (Å²) in [6, 6.07) is 0.523. The lowest BCUT2D eigenvalue weighted by atomic mass is 10.00. The summed E-state index contributed by atoms with van der Waals surface area (Å²) < 4.78 is 10.9. The fourth-order valence-electron chi connectivity index (χ4n) is 2.47. The van der Waals surface area contributed by atoms with Crippen LogP contribution in [-0.2, 0) is 9.47 Å². The first-order valence-corrected chi connectivity index (χ1v) is 7.62. The zero-order chi connectivity index (χ0) is 15.2. The SMILES string of the molecule is CC1CC(NCCCNC(=O)OC(C)(C)C)CC(C)O1. The van der Waals surface area contributed by atoms with E-state index in [-0.39, 0.29) is 6.09 Å². The highest BCUT2D eigenvalue weighted by atomic mass is 16.6. The first kappa shape index (κ1) is 17.2. The van der Waals surface area contributed by atoms with Gasteiger partial charge in [-0.3, -0.25) is 0 Å². The molecule has 0 spiro atoms. The van der Waals surface area contributed by atoms with Crippen molar-refractivity contribution in [1.29, 1.82) is 0 Å². The normalized spacial score (nSPS) is 27.1. The number of nitrogens with one attached hydrogen (secondary N) is 2. The molecule has 2 atom stereocenters. The lowest BCUT2D eigenvalue weighted by Crippen LogP contribution is -2.42. The predicted octanol–water partition coefficient (Wildman–Crippen LogP) is 2.45. The fraction of sp³-hybridized carbons (Fsp3) is 0.933. The molecule has 1 aliphatic heterocycles. The molecule has 20 heavy (non-hydrogen) atoms. The van der Waals surface area contributed by atoms with E-state index in [9.17, 15) is 4.79 Å². The second-order valence-electron chi connectivity index (χ2n) is 6.66. The Balaban J connectivity index is 2.06. The van der Waals surface area contributed by atoms with Gasteiger partial charge in [0, 0.05) is 12.6 Å². The molecule has 1 aliphatic rings. The van der Waals surface area contributed by atoms with E-state index in [1.807, 2.05) is 20.8 Å². The van der Waals surface area contributed by atoms with Gasteiger partial charge in [-0.25, -0.2) is 4.79 Å². The molecule has 5 heteroatoms. The van der Waals surface area contributed by atoms with E-state index in [2.05, 4.69) is 24.5 Å². The Bertz CT molecular complexity index is 292. The van der Waals surface area contributed by atoms with Crippen LogP contribution in [-0.4, -0.2) is 43.0 Å². The Labute approximate surface area is 122 Å². The second-order valence-corrected chi connectivity index (χ2v) is 6.66. The Kier molecular flexibility index (Phi) is 6.76. The van der Waals surface area contributed by atoms with Crippen LogP contribution in [0, 0.1) is 0 Å². The predicted molar refractivity (Wildman–Crippen MR) is 79.9 cm³/mol. The number of carbonyl (C=O) groups is 1. The van der Waals surface area contributed by atoms with Gasteiger partial charge >= 0.3 is 6.09 Å². The largest absolute Gasteiger partial charge is 0.444 e. The van der Waals surface area contributed by atoms with E-state index in [1.54, 1.807) is 0 Å². The molecule has 0 aromatic carbocycles. The number of hydrogen-bond donors (Lipinski definition) is 2. The highest BCUT2D eigenvalue weighted by Crippen LogP contribution is 2.18. The molecule has 0 aromatic rings. The average molecular weight is 286 g/mol. The second kappa shape index (κ2) is 7.84. The average Bonchev–Trinajstić information content (AvgIpc) is 2.24. The number of hydrogen-bond acceptors (Lipinski definition) is 4. The number of rotatable bonds is 5. The third-order valence-electron chi connectivity index (χ3n) is 3.15. The number of carbonyl (C=O) groups excluding carboxylic acids is 1. The van der Waals surface area contributed by atoms with Gasteiger partial charge in [0.1, 0.15) is 5.60 Å². The van der Waals surface area contributed by atoms with Gasteiger partial charge in [-0.2, -0.15) is 0 Å². The van der Waals surface area contributed by atoms with E-state index >= 15 is 0 Å². The van der Waals surface area contributed by atoms with Gasteiger partial charge in [-0.15, -0.1) is 0 Å². The third-order valence-corrected chi connectivity index (χ3v) is 3.15. The first-order valence-electron chi connectivity index (χ1n) is 7.62. The molecule has 1 heterocycles. The number of alkyl carbamates (subject to hydrolysis) is 1. The first-order chi connectivity index (χ1) is 9.26. The molecule has 2 unspecified atom stereocenters. The molecule has 0 aromatic heterocycles. The van der Waals surface area contributed by atoms with Gasteiger partial charge in [0.15, 0.2) is 0 Å². The van der Waals surface area contributed by atoms with Crippen molar-refractivity contribution < 1.29 is 14.3 Å². The molecule has 2 N–H and O–H groups in total. The zero-order valence-electron chi connectivity index (χ0n) is 13.5. The zero-order valence-corrected chi connectivity index (χ0v) is 13.5. The van der Waals surface area contributed by atoms with E-state index in [0.717, 1.165) is 25.8 Å². The quantitative estimate of drug-likeness (QED) is 0.762. The molecule has 1 saturated heterocycles. The molecule has 0 bridgehead atoms. The smallest absolute Gasteiger partial charge is 0.407 e. The summed E-state index contributed by atoms with van der Waals surface area (Å²) in [6.45, 7) is 11.4. The summed E-state index contributed by atoms with van der Waals surface area (Å²) in [5.41, 5.74) is -0.434. The molecule has 0 radical (unpaired) electrons. The van der Waals surface area contributed by atoms with Crippen LogP contribution in [0.5, 0.6) is 0 Å². The van der Waals surface area contributed by atoms with Crippen LogP contribution in [0.15, 0.2) is 0 Å². The van der Waals surface area contributed by atoms with Gasteiger partial charge in [-0.05, 0) is 60.4 Å². The van der Waals surface area contributed by atoms with E-state index in [1.165, 1.54) is 0 Å². The van der Waals surface area contributed by atoms with Crippen LogP contribution in [0.4, 0.5) is 4.79 Å². The molecule has 1 rings (SSSR count).